The Hall–Kier alpha value is -0.913. The van der Waals surface area contributed by atoms with Crippen LogP contribution in [0.4, 0.5) is 4.39 Å². The molecule has 23 heavy (non-hydrogen) atoms. The van der Waals surface area contributed by atoms with Gasteiger partial charge in [-0.1, -0.05) is 44.2 Å². The van der Waals surface area contributed by atoms with Crippen molar-refractivity contribution in [3.05, 3.63) is 28.7 Å². The maximum absolute atomic E-state index is 14.8. The molecule has 126 valence electrons. The fraction of sp³-hybridized carbons (Fsp3) is 0.588. The molecule has 6 heteroatoms. The molecule has 0 N–H and O–H groups in total. The summed E-state index contributed by atoms with van der Waals surface area (Å²) in [6, 6.07) is 4.89. The van der Waals surface area contributed by atoms with Crippen LogP contribution >= 0.6 is 11.6 Å². The van der Waals surface area contributed by atoms with Crippen LogP contribution in [0.5, 0.6) is 0 Å². The molecule has 1 aromatic carbocycles. The molecule has 2 atom stereocenters. The Morgan fingerprint density at radius 1 is 1.39 bits per heavy atom. The predicted molar refractivity (Wildman–Crippen MR) is 95.3 cm³/mol. The minimum absolute atomic E-state index is 0.213. The van der Waals surface area contributed by atoms with E-state index < -0.39 is 8.07 Å². The Morgan fingerprint density at radius 3 is 2.70 bits per heavy atom. The lowest BCUT2D eigenvalue weighted by Crippen LogP contribution is -2.22. The zero-order valence-electron chi connectivity index (χ0n) is 14.2. The summed E-state index contributed by atoms with van der Waals surface area (Å²) in [5, 5.41) is 4.90. The summed E-state index contributed by atoms with van der Waals surface area (Å²) in [6.45, 7) is 10.1. The second-order valence-corrected chi connectivity index (χ2v) is 13.8. The molecule has 0 saturated heterocycles. The van der Waals surface area contributed by atoms with Crippen molar-refractivity contribution < 1.29 is 9.13 Å². The molecule has 1 saturated carbocycles. The highest BCUT2D eigenvalue weighted by atomic mass is 35.5. The van der Waals surface area contributed by atoms with E-state index in [0.717, 1.165) is 18.0 Å². The van der Waals surface area contributed by atoms with Gasteiger partial charge in [-0.15, -0.1) is 0 Å². The Bertz CT molecular complexity index is 725. The van der Waals surface area contributed by atoms with Gasteiger partial charge in [-0.3, -0.25) is 0 Å². The van der Waals surface area contributed by atoms with Gasteiger partial charge >= 0.3 is 0 Å². The van der Waals surface area contributed by atoms with Gasteiger partial charge in [0.05, 0.1) is 10.9 Å². The van der Waals surface area contributed by atoms with Crippen LogP contribution in [0.1, 0.15) is 24.8 Å². The molecule has 0 amide bonds. The van der Waals surface area contributed by atoms with Crippen LogP contribution < -0.4 is 0 Å². The lowest BCUT2D eigenvalue weighted by Gasteiger charge is -2.15. The van der Waals surface area contributed by atoms with Gasteiger partial charge in [0.25, 0.3) is 0 Å². The van der Waals surface area contributed by atoms with Crippen LogP contribution in [0.25, 0.3) is 10.9 Å². The Morgan fingerprint density at radius 2 is 2.09 bits per heavy atom. The minimum atomic E-state index is -1.11. The molecule has 1 aromatic heterocycles. The first-order chi connectivity index (χ1) is 10.8. The number of ether oxygens (including phenoxy) is 1. The Kier molecular flexibility index (Phi) is 4.55. The maximum atomic E-state index is 14.8. The summed E-state index contributed by atoms with van der Waals surface area (Å²) in [7, 11) is -1.11. The molecular formula is C17H24ClFN2OSi. The van der Waals surface area contributed by atoms with E-state index in [9.17, 15) is 4.39 Å². The normalized spacial score (nSPS) is 21.1. The van der Waals surface area contributed by atoms with Gasteiger partial charge < -0.3 is 4.74 Å². The van der Waals surface area contributed by atoms with Crippen molar-refractivity contribution in [1.29, 1.82) is 0 Å². The first kappa shape index (κ1) is 16.9. The van der Waals surface area contributed by atoms with Crippen LogP contribution in [0.3, 0.4) is 0 Å². The largest absolute Gasteiger partial charge is 0.360 e. The van der Waals surface area contributed by atoms with Crippen molar-refractivity contribution in [2.24, 2.45) is 5.92 Å². The maximum Gasteiger partial charge on any atom is 0.161 e. The van der Waals surface area contributed by atoms with Gasteiger partial charge in [0.2, 0.25) is 0 Å². The molecular weight excluding hydrogens is 331 g/mol. The van der Waals surface area contributed by atoms with Crippen molar-refractivity contribution in [2.45, 2.75) is 51.7 Å². The third-order valence-corrected chi connectivity index (χ3v) is 6.53. The monoisotopic (exact) mass is 354 g/mol. The van der Waals surface area contributed by atoms with Crippen molar-refractivity contribution in [3.63, 3.8) is 0 Å². The standard InChI is InChI=1S/C17H24ClFN2OSi/c1-11-9-13(11)12-5-6-14-15(16(12)19)17(18)20-21(14)10-22-7-8-23(2,3)4/h5-6,11,13H,7-10H2,1-4H3/t11-,13+/m1/s1. The van der Waals surface area contributed by atoms with Crippen LogP contribution in [-0.2, 0) is 11.5 Å². The predicted octanol–water partition coefficient (Wildman–Crippen LogP) is 5.26. The lowest BCUT2D eigenvalue weighted by molar-refractivity contribution is 0.0817. The van der Waals surface area contributed by atoms with Gasteiger partial charge in [0.15, 0.2) is 5.15 Å². The molecule has 0 aliphatic heterocycles. The molecule has 1 heterocycles. The zero-order valence-corrected chi connectivity index (χ0v) is 16.0. The number of rotatable bonds is 6. The fourth-order valence-electron chi connectivity index (χ4n) is 2.87. The van der Waals surface area contributed by atoms with Crippen LogP contribution in [0, 0.1) is 11.7 Å². The molecule has 1 aliphatic carbocycles. The van der Waals surface area contributed by atoms with E-state index in [1.807, 2.05) is 12.1 Å². The van der Waals surface area contributed by atoms with E-state index in [0.29, 0.717) is 36.1 Å². The summed E-state index contributed by atoms with van der Waals surface area (Å²) in [6.07, 6.45) is 1.05. The summed E-state index contributed by atoms with van der Waals surface area (Å²) >= 11 is 6.18. The topological polar surface area (TPSA) is 27.1 Å². The first-order valence-electron chi connectivity index (χ1n) is 8.20. The third-order valence-electron chi connectivity index (χ3n) is 4.56. The smallest absolute Gasteiger partial charge is 0.161 e. The van der Waals surface area contributed by atoms with Gasteiger partial charge in [-0.25, -0.2) is 9.07 Å². The second kappa shape index (κ2) is 6.19. The number of fused-ring (bicyclic) bond motifs is 1. The molecule has 0 bridgehead atoms. The van der Waals surface area contributed by atoms with Gasteiger partial charge in [-0.05, 0) is 35.9 Å². The summed E-state index contributed by atoms with van der Waals surface area (Å²) in [4.78, 5) is 0. The SMILES string of the molecule is C[C@@H]1C[C@@H]1c1ccc2c(c(Cl)nn2COCC[Si](C)(C)C)c1F. The fourth-order valence-corrected chi connectivity index (χ4v) is 3.90. The van der Waals surface area contributed by atoms with Crippen molar-refractivity contribution in [3.8, 4) is 0 Å². The average molecular weight is 355 g/mol. The molecule has 0 unspecified atom stereocenters. The lowest BCUT2D eigenvalue weighted by atomic mass is 10.1. The highest BCUT2D eigenvalue weighted by Gasteiger charge is 2.36. The van der Waals surface area contributed by atoms with Gasteiger partial charge in [0.1, 0.15) is 12.5 Å². The zero-order chi connectivity index (χ0) is 16.8. The Labute approximate surface area is 142 Å². The van der Waals surface area contributed by atoms with Crippen LogP contribution in [0.2, 0.25) is 30.8 Å². The summed E-state index contributed by atoms with van der Waals surface area (Å²) < 4.78 is 22.2. The molecule has 3 nitrogen and oxygen atoms in total. The summed E-state index contributed by atoms with van der Waals surface area (Å²) in [5.74, 6) is 0.669. The second-order valence-electron chi connectivity index (χ2n) is 7.82. The van der Waals surface area contributed by atoms with Gasteiger partial charge in [-0.2, -0.15) is 5.10 Å². The first-order valence-corrected chi connectivity index (χ1v) is 12.3. The van der Waals surface area contributed by atoms with E-state index in [4.69, 9.17) is 16.3 Å². The number of aromatic nitrogens is 2. The molecule has 1 fully saturated rings. The van der Waals surface area contributed by atoms with E-state index in [1.54, 1.807) is 4.68 Å². The molecule has 0 radical (unpaired) electrons. The number of hydrogen-bond donors (Lipinski definition) is 0. The highest BCUT2D eigenvalue weighted by molar-refractivity contribution is 6.76. The number of nitrogens with zero attached hydrogens (tertiary/aromatic N) is 2. The van der Waals surface area contributed by atoms with Crippen LogP contribution in [-0.4, -0.2) is 24.5 Å². The highest BCUT2D eigenvalue weighted by Crippen LogP contribution is 2.49. The average Bonchev–Trinajstić information content (AvgIpc) is 3.07. The van der Waals surface area contributed by atoms with Crippen molar-refractivity contribution in [1.82, 2.24) is 9.78 Å². The number of halogens is 2. The molecule has 1 aliphatic rings. The summed E-state index contributed by atoms with van der Waals surface area (Å²) in [5.41, 5.74) is 1.48. The van der Waals surface area contributed by atoms with E-state index in [-0.39, 0.29) is 11.0 Å². The third kappa shape index (κ3) is 3.62. The van der Waals surface area contributed by atoms with Gasteiger partial charge in [0, 0.05) is 14.7 Å². The molecule has 3 rings (SSSR count). The Balaban J connectivity index is 1.79. The van der Waals surface area contributed by atoms with E-state index in [2.05, 4.69) is 31.7 Å². The molecule has 2 aromatic rings. The van der Waals surface area contributed by atoms with Crippen molar-refractivity contribution >= 4 is 30.6 Å². The van der Waals surface area contributed by atoms with Crippen molar-refractivity contribution in [2.75, 3.05) is 6.61 Å². The molecule has 0 spiro atoms. The number of hydrogen-bond acceptors (Lipinski definition) is 2. The minimum Gasteiger partial charge on any atom is -0.360 e. The number of benzene rings is 1. The van der Waals surface area contributed by atoms with E-state index in [1.165, 1.54) is 0 Å². The quantitative estimate of drug-likeness (QED) is 0.522. The van der Waals surface area contributed by atoms with Crippen LogP contribution in [0.15, 0.2) is 12.1 Å². The van der Waals surface area contributed by atoms with E-state index >= 15 is 0 Å².